The Kier molecular flexibility index (Phi) is 8.71. The molecule has 1 aliphatic heterocycles. The molecule has 0 unspecified atom stereocenters. The van der Waals surface area contributed by atoms with Crippen molar-refractivity contribution in [2.24, 2.45) is 5.92 Å². The van der Waals surface area contributed by atoms with E-state index in [1.165, 1.54) is 5.56 Å². The normalized spacial score (nSPS) is 15.2. The standard InChI is InChI=1S/C23H29ClN2O2S/c1-28-21-7-4-5-18(15-21)16-26-12-9-19(10-13-26)23(27)25-11-14-29-17-20-6-2-3-8-22(20)24/h2-8,15,19H,9-14,16-17H2,1H3,(H,25,27). The highest BCUT2D eigenvalue weighted by molar-refractivity contribution is 7.98. The van der Waals surface area contributed by atoms with E-state index >= 15 is 0 Å². The molecule has 29 heavy (non-hydrogen) atoms. The number of rotatable bonds is 9. The number of ether oxygens (including phenoxy) is 1. The third-order valence-corrected chi connectivity index (χ3v) is 6.64. The summed E-state index contributed by atoms with van der Waals surface area (Å²) in [7, 11) is 1.69. The number of thioether (sulfide) groups is 1. The van der Waals surface area contributed by atoms with Crippen molar-refractivity contribution < 1.29 is 9.53 Å². The Morgan fingerprint density at radius 2 is 2.00 bits per heavy atom. The molecule has 0 aromatic heterocycles. The van der Waals surface area contributed by atoms with E-state index in [0.717, 1.165) is 60.3 Å². The number of hydrogen-bond acceptors (Lipinski definition) is 4. The zero-order valence-electron chi connectivity index (χ0n) is 16.9. The number of methoxy groups -OCH3 is 1. The molecule has 3 rings (SSSR count). The molecule has 1 amide bonds. The number of carbonyl (C=O) groups is 1. The van der Waals surface area contributed by atoms with Crippen LogP contribution in [-0.4, -0.2) is 43.3 Å². The minimum atomic E-state index is 0.130. The molecular formula is C23H29ClN2O2S. The summed E-state index contributed by atoms with van der Waals surface area (Å²) >= 11 is 7.97. The number of amides is 1. The van der Waals surface area contributed by atoms with Crippen LogP contribution in [0.1, 0.15) is 24.0 Å². The molecule has 0 saturated carbocycles. The largest absolute Gasteiger partial charge is 0.497 e. The van der Waals surface area contributed by atoms with Crippen LogP contribution < -0.4 is 10.1 Å². The van der Waals surface area contributed by atoms with Crippen LogP contribution in [0.15, 0.2) is 48.5 Å². The number of likely N-dealkylation sites (tertiary alicyclic amines) is 1. The average molecular weight is 433 g/mol. The van der Waals surface area contributed by atoms with Crippen molar-refractivity contribution in [1.82, 2.24) is 10.2 Å². The van der Waals surface area contributed by atoms with Gasteiger partial charge < -0.3 is 10.1 Å². The summed E-state index contributed by atoms with van der Waals surface area (Å²) in [6.45, 7) is 3.52. The molecule has 1 aliphatic rings. The highest BCUT2D eigenvalue weighted by atomic mass is 35.5. The average Bonchev–Trinajstić information content (AvgIpc) is 2.75. The quantitative estimate of drug-likeness (QED) is 0.587. The summed E-state index contributed by atoms with van der Waals surface area (Å²) in [6, 6.07) is 16.1. The Hall–Kier alpha value is -1.69. The Balaban J connectivity index is 1.32. The van der Waals surface area contributed by atoms with E-state index in [1.807, 2.05) is 36.4 Å². The first kappa shape index (κ1) is 22.0. The first-order valence-corrected chi connectivity index (χ1v) is 11.6. The van der Waals surface area contributed by atoms with E-state index in [4.69, 9.17) is 16.3 Å². The van der Waals surface area contributed by atoms with Crippen molar-refractivity contribution in [3.63, 3.8) is 0 Å². The zero-order chi connectivity index (χ0) is 20.5. The third-order valence-electron chi connectivity index (χ3n) is 5.26. The Morgan fingerprint density at radius 3 is 2.76 bits per heavy atom. The van der Waals surface area contributed by atoms with Crippen LogP contribution in [0.5, 0.6) is 5.75 Å². The lowest BCUT2D eigenvalue weighted by atomic mass is 9.95. The van der Waals surface area contributed by atoms with Gasteiger partial charge in [0.1, 0.15) is 5.75 Å². The van der Waals surface area contributed by atoms with Crippen LogP contribution >= 0.6 is 23.4 Å². The number of nitrogens with one attached hydrogen (secondary N) is 1. The molecular weight excluding hydrogens is 404 g/mol. The summed E-state index contributed by atoms with van der Waals surface area (Å²) in [5.74, 6) is 2.99. The second kappa shape index (κ2) is 11.5. The fourth-order valence-corrected chi connectivity index (χ4v) is 4.71. The topological polar surface area (TPSA) is 41.6 Å². The van der Waals surface area contributed by atoms with Gasteiger partial charge in [0.25, 0.3) is 0 Å². The molecule has 1 saturated heterocycles. The molecule has 0 radical (unpaired) electrons. The number of nitrogens with zero attached hydrogens (tertiary/aromatic N) is 1. The zero-order valence-corrected chi connectivity index (χ0v) is 18.5. The van der Waals surface area contributed by atoms with Crippen LogP contribution in [0, 0.1) is 5.92 Å². The predicted molar refractivity (Wildman–Crippen MR) is 122 cm³/mol. The van der Waals surface area contributed by atoms with Gasteiger partial charge >= 0.3 is 0 Å². The SMILES string of the molecule is COc1cccc(CN2CCC(C(=O)NCCSCc3ccccc3Cl)CC2)c1. The summed E-state index contributed by atoms with van der Waals surface area (Å²) in [5, 5.41) is 3.92. The summed E-state index contributed by atoms with van der Waals surface area (Å²) in [4.78, 5) is 14.9. The summed E-state index contributed by atoms with van der Waals surface area (Å²) in [6.07, 6.45) is 1.84. The second-order valence-corrected chi connectivity index (χ2v) is 8.85. The first-order valence-electron chi connectivity index (χ1n) is 10.1. The molecule has 1 heterocycles. The van der Waals surface area contributed by atoms with E-state index in [1.54, 1.807) is 18.9 Å². The number of piperidine rings is 1. The monoisotopic (exact) mass is 432 g/mol. The van der Waals surface area contributed by atoms with Gasteiger partial charge in [-0.15, -0.1) is 0 Å². The van der Waals surface area contributed by atoms with Crippen LogP contribution in [0.3, 0.4) is 0 Å². The van der Waals surface area contributed by atoms with Crippen LogP contribution in [0.2, 0.25) is 5.02 Å². The molecule has 6 heteroatoms. The first-order chi connectivity index (χ1) is 14.2. The lowest BCUT2D eigenvalue weighted by Crippen LogP contribution is -2.40. The van der Waals surface area contributed by atoms with E-state index in [2.05, 4.69) is 22.3 Å². The van der Waals surface area contributed by atoms with Gasteiger partial charge in [-0.3, -0.25) is 9.69 Å². The van der Waals surface area contributed by atoms with Gasteiger partial charge in [0.2, 0.25) is 5.91 Å². The summed E-state index contributed by atoms with van der Waals surface area (Å²) < 4.78 is 5.30. The fraction of sp³-hybridized carbons (Fsp3) is 0.435. The molecule has 0 spiro atoms. The van der Waals surface area contributed by atoms with Crippen molar-refractivity contribution in [3.05, 3.63) is 64.7 Å². The number of hydrogen-bond donors (Lipinski definition) is 1. The van der Waals surface area contributed by atoms with Gasteiger partial charge in [0, 0.05) is 35.5 Å². The van der Waals surface area contributed by atoms with Gasteiger partial charge in [-0.1, -0.05) is 41.9 Å². The van der Waals surface area contributed by atoms with Crippen LogP contribution in [-0.2, 0) is 17.1 Å². The Bertz CT molecular complexity index is 794. The van der Waals surface area contributed by atoms with Gasteiger partial charge in [-0.25, -0.2) is 0 Å². The molecule has 0 atom stereocenters. The second-order valence-electron chi connectivity index (χ2n) is 7.34. The molecule has 4 nitrogen and oxygen atoms in total. The third kappa shape index (κ3) is 6.95. The molecule has 2 aromatic rings. The number of benzene rings is 2. The minimum Gasteiger partial charge on any atom is -0.497 e. The van der Waals surface area contributed by atoms with Crippen molar-refractivity contribution >= 4 is 29.3 Å². The van der Waals surface area contributed by atoms with E-state index in [9.17, 15) is 4.79 Å². The molecule has 0 bridgehead atoms. The number of carbonyl (C=O) groups excluding carboxylic acids is 1. The van der Waals surface area contributed by atoms with Gasteiger partial charge in [0.05, 0.1) is 7.11 Å². The lowest BCUT2D eigenvalue weighted by Gasteiger charge is -2.31. The molecule has 1 N–H and O–H groups in total. The van der Waals surface area contributed by atoms with Crippen molar-refractivity contribution in [3.8, 4) is 5.75 Å². The van der Waals surface area contributed by atoms with Crippen molar-refractivity contribution in [1.29, 1.82) is 0 Å². The number of halogens is 1. The van der Waals surface area contributed by atoms with E-state index < -0.39 is 0 Å². The minimum absolute atomic E-state index is 0.130. The molecule has 156 valence electrons. The lowest BCUT2D eigenvalue weighted by molar-refractivity contribution is -0.126. The maximum Gasteiger partial charge on any atom is 0.223 e. The van der Waals surface area contributed by atoms with Crippen molar-refractivity contribution in [2.75, 3.05) is 32.5 Å². The maximum atomic E-state index is 12.5. The van der Waals surface area contributed by atoms with Gasteiger partial charge in [-0.05, 0) is 55.3 Å². The van der Waals surface area contributed by atoms with Crippen LogP contribution in [0.4, 0.5) is 0 Å². The molecule has 1 fully saturated rings. The Morgan fingerprint density at radius 1 is 1.21 bits per heavy atom. The highest BCUT2D eigenvalue weighted by Gasteiger charge is 2.24. The van der Waals surface area contributed by atoms with E-state index in [0.29, 0.717) is 6.54 Å². The molecule has 0 aliphatic carbocycles. The Labute approximate surface area is 183 Å². The van der Waals surface area contributed by atoms with Gasteiger partial charge in [-0.2, -0.15) is 11.8 Å². The molecule has 2 aromatic carbocycles. The van der Waals surface area contributed by atoms with E-state index in [-0.39, 0.29) is 11.8 Å². The van der Waals surface area contributed by atoms with Crippen LogP contribution in [0.25, 0.3) is 0 Å². The summed E-state index contributed by atoms with van der Waals surface area (Å²) in [5.41, 5.74) is 2.40. The predicted octanol–water partition coefficient (Wildman–Crippen LogP) is 4.61. The van der Waals surface area contributed by atoms with Gasteiger partial charge in [0.15, 0.2) is 0 Å². The van der Waals surface area contributed by atoms with Crippen molar-refractivity contribution in [2.45, 2.75) is 25.1 Å². The smallest absolute Gasteiger partial charge is 0.223 e. The fourth-order valence-electron chi connectivity index (χ4n) is 3.57. The highest BCUT2D eigenvalue weighted by Crippen LogP contribution is 2.22. The maximum absolute atomic E-state index is 12.5.